The lowest BCUT2D eigenvalue weighted by molar-refractivity contribution is 0.122. The molecule has 0 atom stereocenters. The zero-order valence-electron chi connectivity index (χ0n) is 11.5. The molecule has 2 fully saturated rings. The Morgan fingerprint density at radius 3 is 2.50 bits per heavy atom. The summed E-state index contributed by atoms with van der Waals surface area (Å²) in [6.07, 6.45) is 1.87. The van der Waals surface area contributed by atoms with Crippen molar-refractivity contribution in [2.24, 2.45) is 0 Å². The second kappa shape index (κ2) is 5.97. The number of aromatic nitrogens is 1. The third-order valence-electron chi connectivity index (χ3n) is 3.73. The van der Waals surface area contributed by atoms with Crippen LogP contribution in [0.1, 0.15) is 0 Å². The summed E-state index contributed by atoms with van der Waals surface area (Å²) in [6, 6.07) is 1.98. The highest BCUT2D eigenvalue weighted by molar-refractivity contribution is 7.85. The maximum atomic E-state index is 11.4. The Hall–Kier alpha value is -1.34. The van der Waals surface area contributed by atoms with Gasteiger partial charge in [-0.2, -0.15) is 0 Å². The summed E-state index contributed by atoms with van der Waals surface area (Å²) in [5, 5.41) is 0. The van der Waals surface area contributed by atoms with Gasteiger partial charge in [0, 0.05) is 48.5 Å². The molecule has 2 saturated heterocycles. The fourth-order valence-electron chi connectivity index (χ4n) is 2.57. The number of nitrogens with zero attached hydrogens (tertiary/aromatic N) is 3. The van der Waals surface area contributed by atoms with Crippen molar-refractivity contribution in [1.29, 1.82) is 0 Å². The lowest BCUT2D eigenvalue weighted by Crippen LogP contribution is -2.38. The number of pyridine rings is 1. The molecule has 2 aliphatic heterocycles. The van der Waals surface area contributed by atoms with E-state index in [1.54, 1.807) is 0 Å². The van der Waals surface area contributed by atoms with Gasteiger partial charge in [-0.15, -0.1) is 0 Å². The summed E-state index contributed by atoms with van der Waals surface area (Å²) in [6.45, 7) is 4.73. The highest BCUT2D eigenvalue weighted by Crippen LogP contribution is 2.26. The molecule has 3 rings (SSSR count). The van der Waals surface area contributed by atoms with E-state index in [1.165, 1.54) is 0 Å². The van der Waals surface area contributed by atoms with Gasteiger partial charge in [-0.25, -0.2) is 4.98 Å². The minimum atomic E-state index is -0.664. The lowest BCUT2D eigenvalue weighted by atomic mass is 10.3. The first-order valence-corrected chi connectivity index (χ1v) is 8.41. The van der Waals surface area contributed by atoms with Gasteiger partial charge in [-0.1, -0.05) is 0 Å². The number of ether oxygens (including phenoxy) is 1. The SMILES string of the molecule is Nc1cc(N2CCS(=O)CC2)cnc1N1CCOCC1. The summed E-state index contributed by atoms with van der Waals surface area (Å²) in [7, 11) is -0.664. The van der Waals surface area contributed by atoms with Gasteiger partial charge in [0.05, 0.1) is 30.8 Å². The molecule has 1 aromatic heterocycles. The number of rotatable bonds is 2. The Labute approximate surface area is 121 Å². The molecule has 6 nitrogen and oxygen atoms in total. The molecular weight excluding hydrogens is 276 g/mol. The van der Waals surface area contributed by atoms with Crippen LogP contribution in [0.25, 0.3) is 0 Å². The quantitative estimate of drug-likeness (QED) is 0.833. The normalized spacial score (nSPS) is 21.2. The molecule has 0 spiro atoms. The van der Waals surface area contributed by atoms with E-state index in [9.17, 15) is 4.21 Å². The van der Waals surface area contributed by atoms with Crippen LogP contribution in [0.5, 0.6) is 0 Å². The molecule has 0 aliphatic carbocycles. The minimum absolute atomic E-state index is 0.664. The number of nitrogens with two attached hydrogens (primary N) is 1. The third kappa shape index (κ3) is 2.88. The minimum Gasteiger partial charge on any atom is -0.396 e. The Morgan fingerprint density at radius 2 is 1.85 bits per heavy atom. The van der Waals surface area contributed by atoms with E-state index < -0.39 is 10.8 Å². The highest BCUT2D eigenvalue weighted by atomic mass is 32.2. The van der Waals surface area contributed by atoms with Crippen LogP contribution in [-0.2, 0) is 15.5 Å². The van der Waals surface area contributed by atoms with Gasteiger partial charge in [0.1, 0.15) is 0 Å². The van der Waals surface area contributed by atoms with Crippen molar-refractivity contribution in [1.82, 2.24) is 4.98 Å². The van der Waals surface area contributed by atoms with Crippen LogP contribution in [0, 0.1) is 0 Å². The van der Waals surface area contributed by atoms with E-state index in [1.807, 2.05) is 12.3 Å². The third-order valence-corrected chi connectivity index (χ3v) is 5.01. The molecule has 20 heavy (non-hydrogen) atoms. The van der Waals surface area contributed by atoms with Gasteiger partial charge in [-0.05, 0) is 6.07 Å². The van der Waals surface area contributed by atoms with Crippen molar-refractivity contribution in [3.05, 3.63) is 12.3 Å². The van der Waals surface area contributed by atoms with E-state index in [4.69, 9.17) is 10.5 Å². The first-order valence-electron chi connectivity index (χ1n) is 6.92. The average molecular weight is 296 g/mol. The maximum absolute atomic E-state index is 11.4. The maximum Gasteiger partial charge on any atom is 0.152 e. The largest absolute Gasteiger partial charge is 0.396 e. The van der Waals surface area contributed by atoms with Crippen molar-refractivity contribution >= 4 is 28.0 Å². The summed E-state index contributed by atoms with van der Waals surface area (Å²) in [5.41, 5.74) is 7.88. The zero-order valence-corrected chi connectivity index (χ0v) is 12.3. The fourth-order valence-corrected chi connectivity index (χ4v) is 3.62. The Bertz CT molecular complexity index is 495. The Kier molecular flexibility index (Phi) is 4.07. The smallest absolute Gasteiger partial charge is 0.152 e. The molecule has 0 bridgehead atoms. The van der Waals surface area contributed by atoms with Crippen molar-refractivity contribution < 1.29 is 8.95 Å². The van der Waals surface area contributed by atoms with Gasteiger partial charge in [-0.3, -0.25) is 4.21 Å². The monoisotopic (exact) mass is 296 g/mol. The van der Waals surface area contributed by atoms with E-state index in [0.717, 1.165) is 62.4 Å². The molecule has 0 unspecified atom stereocenters. The number of anilines is 3. The number of nitrogen functional groups attached to an aromatic ring is 1. The van der Waals surface area contributed by atoms with Gasteiger partial charge in [0.25, 0.3) is 0 Å². The van der Waals surface area contributed by atoms with Crippen LogP contribution < -0.4 is 15.5 Å². The molecule has 1 aromatic rings. The van der Waals surface area contributed by atoms with Crippen LogP contribution in [0.2, 0.25) is 0 Å². The molecular formula is C13H20N4O2S. The van der Waals surface area contributed by atoms with Gasteiger partial charge in [0.15, 0.2) is 5.82 Å². The standard InChI is InChI=1S/C13H20N4O2S/c14-12-9-11(16-3-7-20(18)8-4-16)10-15-13(12)17-1-5-19-6-2-17/h9-10H,1-8,14H2. The van der Waals surface area contributed by atoms with Crippen molar-refractivity contribution in [2.75, 3.05) is 66.4 Å². The molecule has 3 heterocycles. The number of hydrogen-bond donors (Lipinski definition) is 1. The second-order valence-electron chi connectivity index (χ2n) is 5.04. The highest BCUT2D eigenvalue weighted by Gasteiger charge is 2.19. The van der Waals surface area contributed by atoms with Crippen LogP contribution in [0.15, 0.2) is 12.3 Å². The van der Waals surface area contributed by atoms with Crippen molar-refractivity contribution in [3.8, 4) is 0 Å². The molecule has 0 amide bonds. The molecule has 0 aromatic carbocycles. The lowest BCUT2D eigenvalue weighted by Gasteiger charge is -2.31. The first-order chi connectivity index (χ1) is 9.74. The van der Waals surface area contributed by atoms with E-state index >= 15 is 0 Å². The summed E-state index contributed by atoms with van der Waals surface area (Å²) < 4.78 is 16.7. The second-order valence-corrected chi connectivity index (χ2v) is 6.74. The van der Waals surface area contributed by atoms with E-state index in [-0.39, 0.29) is 0 Å². The molecule has 2 aliphatic rings. The summed E-state index contributed by atoms with van der Waals surface area (Å²) >= 11 is 0. The predicted octanol–water partition coefficient (Wildman–Crippen LogP) is 0.0691. The van der Waals surface area contributed by atoms with Gasteiger partial charge < -0.3 is 20.3 Å². The van der Waals surface area contributed by atoms with Crippen LogP contribution in [0.4, 0.5) is 17.2 Å². The summed E-state index contributed by atoms with van der Waals surface area (Å²) in [4.78, 5) is 8.89. The first kappa shape index (κ1) is 13.6. The molecule has 2 N–H and O–H groups in total. The fraction of sp³-hybridized carbons (Fsp3) is 0.615. The molecule has 7 heteroatoms. The van der Waals surface area contributed by atoms with E-state index in [0.29, 0.717) is 5.69 Å². The number of morpholine rings is 1. The Balaban J connectivity index is 1.75. The molecule has 110 valence electrons. The van der Waals surface area contributed by atoms with Crippen LogP contribution >= 0.6 is 0 Å². The van der Waals surface area contributed by atoms with Gasteiger partial charge in [0.2, 0.25) is 0 Å². The molecule has 0 saturated carbocycles. The summed E-state index contributed by atoms with van der Waals surface area (Å²) in [5.74, 6) is 2.30. The zero-order chi connectivity index (χ0) is 13.9. The van der Waals surface area contributed by atoms with E-state index in [2.05, 4.69) is 14.8 Å². The van der Waals surface area contributed by atoms with Crippen molar-refractivity contribution in [3.63, 3.8) is 0 Å². The Morgan fingerprint density at radius 1 is 1.15 bits per heavy atom. The van der Waals surface area contributed by atoms with Crippen molar-refractivity contribution in [2.45, 2.75) is 0 Å². The van der Waals surface area contributed by atoms with Gasteiger partial charge >= 0.3 is 0 Å². The molecule has 0 radical (unpaired) electrons. The predicted molar refractivity (Wildman–Crippen MR) is 81.8 cm³/mol. The number of hydrogen-bond acceptors (Lipinski definition) is 6. The van der Waals surface area contributed by atoms with Crippen LogP contribution in [-0.4, -0.2) is 60.1 Å². The average Bonchev–Trinajstić information content (AvgIpc) is 2.49. The van der Waals surface area contributed by atoms with Crippen LogP contribution in [0.3, 0.4) is 0 Å². The topological polar surface area (TPSA) is 71.7 Å².